The minimum atomic E-state index is -0.237. The van der Waals surface area contributed by atoms with Gasteiger partial charge in [-0.3, -0.25) is 4.57 Å². The van der Waals surface area contributed by atoms with Crippen LogP contribution in [-0.2, 0) is 4.74 Å². The zero-order valence-corrected chi connectivity index (χ0v) is 12.9. The van der Waals surface area contributed by atoms with Crippen LogP contribution in [-0.4, -0.2) is 20.6 Å². The zero-order valence-electron chi connectivity index (χ0n) is 12.9. The fourth-order valence-electron chi connectivity index (χ4n) is 3.03. The van der Waals surface area contributed by atoms with Gasteiger partial charge in [0, 0.05) is 17.3 Å². The second-order valence-electron chi connectivity index (χ2n) is 6.23. The number of H-pyrrole nitrogens is 1. The molecule has 0 amide bonds. The second-order valence-corrected chi connectivity index (χ2v) is 6.23. The fraction of sp³-hybridized carbons (Fsp3) is 0.625. The highest BCUT2D eigenvalue weighted by molar-refractivity contribution is 5.75. The van der Waals surface area contributed by atoms with Gasteiger partial charge in [-0.2, -0.15) is 4.98 Å². The molecule has 5 heteroatoms. The van der Waals surface area contributed by atoms with Crippen molar-refractivity contribution in [1.82, 2.24) is 14.5 Å². The van der Waals surface area contributed by atoms with Gasteiger partial charge in [0.15, 0.2) is 0 Å². The molecule has 1 saturated heterocycles. The molecular formula is C16H23N3O2. The summed E-state index contributed by atoms with van der Waals surface area (Å²) in [6, 6.07) is 2.00. The molecule has 2 aromatic heterocycles. The summed E-state index contributed by atoms with van der Waals surface area (Å²) >= 11 is 0. The lowest BCUT2D eigenvalue weighted by Crippen LogP contribution is -2.27. The quantitative estimate of drug-likeness (QED) is 0.940. The first-order chi connectivity index (χ1) is 10.1. The molecule has 3 atom stereocenters. The summed E-state index contributed by atoms with van der Waals surface area (Å²) in [6.45, 7) is 6.41. The largest absolute Gasteiger partial charge is 0.355 e. The zero-order chi connectivity index (χ0) is 15.0. The van der Waals surface area contributed by atoms with Crippen LogP contribution in [0.1, 0.15) is 51.5 Å². The SMILES string of the molecule is CCC(C)CC1CCC(n2cc3cc(C)[nH]c3nc2=O)O1. The van der Waals surface area contributed by atoms with Gasteiger partial charge in [0.1, 0.15) is 11.9 Å². The first-order valence-electron chi connectivity index (χ1n) is 7.80. The van der Waals surface area contributed by atoms with Gasteiger partial charge >= 0.3 is 5.69 Å². The summed E-state index contributed by atoms with van der Waals surface area (Å²) in [5.41, 5.74) is 1.43. The van der Waals surface area contributed by atoms with E-state index in [1.807, 2.05) is 19.2 Å². The van der Waals surface area contributed by atoms with Crippen molar-refractivity contribution in [2.24, 2.45) is 5.92 Å². The van der Waals surface area contributed by atoms with Crippen molar-refractivity contribution in [3.8, 4) is 0 Å². The summed E-state index contributed by atoms with van der Waals surface area (Å²) in [5.74, 6) is 0.665. The van der Waals surface area contributed by atoms with Crippen molar-refractivity contribution in [1.29, 1.82) is 0 Å². The molecule has 3 rings (SSSR count). The Kier molecular flexibility index (Phi) is 3.85. The van der Waals surface area contributed by atoms with Gasteiger partial charge in [-0.05, 0) is 38.2 Å². The van der Waals surface area contributed by atoms with E-state index >= 15 is 0 Å². The van der Waals surface area contributed by atoms with Crippen LogP contribution in [0.2, 0.25) is 0 Å². The summed E-state index contributed by atoms with van der Waals surface area (Å²) in [7, 11) is 0. The molecule has 1 fully saturated rings. The average Bonchev–Trinajstić information content (AvgIpc) is 3.03. The number of rotatable bonds is 4. The Balaban J connectivity index is 1.81. The number of hydrogen-bond donors (Lipinski definition) is 1. The minimum absolute atomic E-state index is 0.168. The van der Waals surface area contributed by atoms with Crippen LogP contribution in [0.5, 0.6) is 0 Å². The lowest BCUT2D eigenvalue weighted by atomic mass is 10.00. The number of hydrogen-bond acceptors (Lipinski definition) is 3. The molecule has 0 aliphatic carbocycles. The highest BCUT2D eigenvalue weighted by Crippen LogP contribution is 2.31. The maximum Gasteiger partial charge on any atom is 0.351 e. The van der Waals surface area contributed by atoms with Gasteiger partial charge in [0.05, 0.1) is 6.10 Å². The number of aryl methyl sites for hydroxylation is 1. The molecule has 0 spiro atoms. The molecule has 21 heavy (non-hydrogen) atoms. The predicted molar refractivity (Wildman–Crippen MR) is 82.3 cm³/mol. The van der Waals surface area contributed by atoms with E-state index in [1.54, 1.807) is 4.57 Å². The third-order valence-corrected chi connectivity index (χ3v) is 4.43. The topological polar surface area (TPSA) is 59.9 Å². The number of nitrogens with one attached hydrogen (secondary N) is 1. The van der Waals surface area contributed by atoms with Gasteiger partial charge in [-0.25, -0.2) is 4.79 Å². The molecule has 5 nitrogen and oxygen atoms in total. The third-order valence-electron chi connectivity index (χ3n) is 4.43. The number of fused-ring (bicyclic) bond motifs is 1. The van der Waals surface area contributed by atoms with Crippen LogP contribution in [0.25, 0.3) is 11.0 Å². The second kappa shape index (κ2) is 5.64. The Hall–Kier alpha value is -1.62. The van der Waals surface area contributed by atoms with Crippen LogP contribution >= 0.6 is 0 Å². The van der Waals surface area contributed by atoms with Crippen LogP contribution in [0.3, 0.4) is 0 Å². The summed E-state index contributed by atoms with van der Waals surface area (Å²) in [6.07, 6.45) is 6.11. The Bertz CT molecular complexity index is 688. The maximum atomic E-state index is 12.2. The van der Waals surface area contributed by atoms with Crippen molar-refractivity contribution in [3.63, 3.8) is 0 Å². The Morgan fingerprint density at radius 1 is 1.52 bits per heavy atom. The summed E-state index contributed by atoms with van der Waals surface area (Å²) in [5, 5.41) is 0.959. The van der Waals surface area contributed by atoms with Gasteiger partial charge < -0.3 is 9.72 Å². The summed E-state index contributed by atoms with van der Waals surface area (Å²) < 4.78 is 7.71. The van der Waals surface area contributed by atoms with Crippen LogP contribution in [0.15, 0.2) is 17.1 Å². The van der Waals surface area contributed by atoms with Crippen LogP contribution in [0.4, 0.5) is 0 Å². The van der Waals surface area contributed by atoms with Crippen molar-refractivity contribution >= 4 is 11.0 Å². The van der Waals surface area contributed by atoms with Crippen molar-refractivity contribution in [2.45, 2.75) is 58.8 Å². The van der Waals surface area contributed by atoms with Crippen molar-refractivity contribution in [2.75, 3.05) is 0 Å². The molecule has 1 aliphatic heterocycles. The monoisotopic (exact) mass is 289 g/mol. The van der Waals surface area contributed by atoms with E-state index in [9.17, 15) is 4.79 Å². The van der Waals surface area contributed by atoms with Crippen LogP contribution < -0.4 is 5.69 Å². The van der Waals surface area contributed by atoms with Crippen molar-refractivity contribution in [3.05, 3.63) is 28.4 Å². The highest BCUT2D eigenvalue weighted by atomic mass is 16.5. The van der Waals surface area contributed by atoms with E-state index < -0.39 is 0 Å². The molecule has 114 valence electrons. The van der Waals surface area contributed by atoms with Gasteiger partial charge in [-0.15, -0.1) is 0 Å². The molecule has 0 radical (unpaired) electrons. The molecule has 3 unspecified atom stereocenters. The van der Waals surface area contributed by atoms with E-state index in [0.29, 0.717) is 11.6 Å². The average molecular weight is 289 g/mol. The molecule has 1 aliphatic rings. The standard InChI is InChI=1S/C16H23N3O2/c1-4-10(2)7-13-5-6-14(21-13)19-9-12-8-11(3)17-15(12)18-16(19)20/h8-10,13-14H,4-7H2,1-3H3,(H,17,18,20). The first-order valence-corrected chi connectivity index (χ1v) is 7.80. The van der Waals surface area contributed by atoms with Gasteiger partial charge in [0.2, 0.25) is 0 Å². The molecular weight excluding hydrogens is 266 g/mol. The Morgan fingerprint density at radius 3 is 3.10 bits per heavy atom. The van der Waals surface area contributed by atoms with E-state index in [4.69, 9.17) is 4.74 Å². The predicted octanol–water partition coefficient (Wildman–Crippen LogP) is 3.15. The highest BCUT2D eigenvalue weighted by Gasteiger charge is 2.28. The van der Waals surface area contributed by atoms with E-state index in [-0.39, 0.29) is 18.0 Å². The van der Waals surface area contributed by atoms with Crippen molar-refractivity contribution < 1.29 is 4.74 Å². The van der Waals surface area contributed by atoms with E-state index in [1.165, 1.54) is 6.42 Å². The molecule has 0 bridgehead atoms. The number of aromatic nitrogens is 3. The fourth-order valence-corrected chi connectivity index (χ4v) is 3.03. The molecule has 0 saturated carbocycles. The third kappa shape index (κ3) is 2.88. The van der Waals surface area contributed by atoms with E-state index in [0.717, 1.165) is 30.3 Å². The van der Waals surface area contributed by atoms with E-state index in [2.05, 4.69) is 23.8 Å². The lowest BCUT2D eigenvalue weighted by molar-refractivity contribution is -0.00982. The molecule has 0 aromatic carbocycles. The summed E-state index contributed by atoms with van der Waals surface area (Å²) in [4.78, 5) is 19.4. The number of aromatic amines is 1. The molecule has 3 heterocycles. The Morgan fingerprint density at radius 2 is 2.33 bits per heavy atom. The number of nitrogens with zero attached hydrogens (tertiary/aromatic N) is 2. The molecule has 2 aromatic rings. The number of ether oxygens (including phenoxy) is 1. The molecule has 1 N–H and O–H groups in total. The smallest absolute Gasteiger partial charge is 0.351 e. The first kappa shape index (κ1) is 14.3. The normalized spacial score (nSPS) is 23.8. The lowest BCUT2D eigenvalue weighted by Gasteiger charge is -2.17. The van der Waals surface area contributed by atoms with Crippen LogP contribution in [0, 0.1) is 12.8 Å². The van der Waals surface area contributed by atoms with Gasteiger partial charge in [-0.1, -0.05) is 20.3 Å². The maximum absolute atomic E-state index is 12.2. The minimum Gasteiger partial charge on any atom is -0.355 e. The Labute approximate surface area is 124 Å². The van der Waals surface area contributed by atoms with Gasteiger partial charge in [0.25, 0.3) is 0 Å².